The van der Waals surface area contributed by atoms with Gasteiger partial charge in [0.05, 0.1) is 11.5 Å². The van der Waals surface area contributed by atoms with Crippen LogP contribution in [0.25, 0.3) is 0 Å². The molecule has 19 heavy (non-hydrogen) atoms. The minimum absolute atomic E-state index is 0. The molecular formula is C10H12BrN3O5. The Labute approximate surface area is 118 Å². The van der Waals surface area contributed by atoms with Gasteiger partial charge in [0.1, 0.15) is 12.3 Å². The normalized spacial score (nSPS) is 9.11. The third kappa shape index (κ3) is 5.93. The number of carbonyl (C=O) groups excluding carboxylic acids is 2. The molecule has 0 atom stereocenters. The van der Waals surface area contributed by atoms with Crippen LogP contribution < -0.4 is 15.8 Å². The van der Waals surface area contributed by atoms with Crippen molar-refractivity contribution >= 4 is 34.5 Å². The van der Waals surface area contributed by atoms with Crippen molar-refractivity contribution in [2.75, 3.05) is 13.1 Å². The molecule has 0 unspecified atom stereocenters. The van der Waals surface area contributed by atoms with Crippen molar-refractivity contribution in [2.24, 2.45) is 5.73 Å². The van der Waals surface area contributed by atoms with Gasteiger partial charge in [0.15, 0.2) is 0 Å². The first-order valence-corrected chi connectivity index (χ1v) is 4.95. The van der Waals surface area contributed by atoms with Crippen LogP contribution in [0.5, 0.6) is 5.75 Å². The number of nitrogens with one attached hydrogen (secondary N) is 1. The molecule has 0 radical (unpaired) electrons. The van der Waals surface area contributed by atoms with Crippen LogP contribution in [0.3, 0.4) is 0 Å². The van der Waals surface area contributed by atoms with Crippen molar-refractivity contribution in [2.45, 2.75) is 0 Å². The summed E-state index contributed by atoms with van der Waals surface area (Å²) >= 11 is 0. The van der Waals surface area contributed by atoms with Crippen molar-refractivity contribution < 1.29 is 19.2 Å². The first-order valence-electron chi connectivity index (χ1n) is 4.95. The quantitative estimate of drug-likeness (QED) is 0.342. The molecule has 1 aromatic rings. The number of hydrogen-bond donors (Lipinski definition) is 2. The summed E-state index contributed by atoms with van der Waals surface area (Å²) in [5, 5.41) is 12.6. The number of halogens is 1. The summed E-state index contributed by atoms with van der Waals surface area (Å²) in [7, 11) is 0. The summed E-state index contributed by atoms with van der Waals surface area (Å²) in [5.41, 5.74) is 4.92. The van der Waals surface area contributed by atoms with Gasteiger partial charge < -0.3 is 15.8 Å². The molecule has 3 N–H and O–H groups in total. The Morgan fingerprint density at radius 3 is 2.37 bits per heavy atom. The zero-order valence-corrected chi connectivity index (χ0v) is 11.4. The van der Waals surface area contributed by atoms with Gasteiger partial charge in [-0.25, -0.2) is 4.79 Å². The maximum atomic E-state index is 11.2. The first-order chi connectivity index (χ1) is 8.52. The van der Waals surface area contributed by atoms with E-state index in [9.17, 15) is 19.7 Å². The fourth-order valence-electron chi connectivity index (χ4n) is 1.05. The molecule has 0 saturated heterocycles. The maximum absolute atomic E-state index is 11.2. The standard InChI is InChI=1S/C10H11N3O5.BrH/c11-5-9(14)12-6-10(15)18-8-3-1-7(2-4-8)13(16)17;/h1-4H,5-6,11H2,(H,12,14);1H. The van der Waals surface area contributed by atoms with Gasteiger partial charge in [-0.15, -0.1) is 17.0 Å². The number of amides is 1. The summed E-state index contributed by atoms with van der Waals surface area (Å²) in [6, 6.07) is 5.00. The number of rotatable bonds is 5. The van der Waals surface area contributed by atoms with E-state index in [1.807, 2.05) is 0 Å². The second-order valence-corrected chi connectivity index (χ2v) is 3.21. The van der Waals surface area contributed by atoms with Crippen LogP contribution in [-0.2, 0) is 9.59 Å². The highest BCUT2D eigenvalue weighted by atomic mass is 79.9. The van der Waals surface area contributed by atoms with Crippen LogP contribution in [-0.4, -0.2) is 29.9 Å². The number of nitrogens with two attached hydrogens (primary N) is 1. The molecule has 0 aliphatic rings. The van der Waals surface area contributed by atoms with E-state index >= 15 is 0 Å². The van der Waals surface area contributed by atoms with Crippen molar-refractivity contribution in [3.05, 3.63) is 34.4 Å². The summed E-state index contributed by atoms with van der Waals surface area (Å²) in [6.07, 6.45) is 0. The lowest BCUT2D eigenvalue weighted by Gasteiger charge is -2.04. The third-order valence-electron chi connectivity index (χ3n) is 1.89. The van der Waals surface area contributed by atoms with E-state index in [2.05, 4.69) is 5.32 Å². The number of benzene rings is 1. The molecule has 0 fully saturated rings. The van der Waals surface area contributed by atoms with Gasteiger partial charge in [-0.05, 0) is 12.1 Å². The first kappa shape index (κ1) is 17.0. The van der Waals surface area contributed by atoms with Crippen LogP contribution >= 0.6 is 17.0 Å². The Kier molecular flexibility index (Phi) is 7.30. The number of nitro benzene ring substituents is 1. The van der Waals surface area contributed by atoms with E-state index in [0.29, 0.717) is 0 Å². The minimum Gasteiger partial charge on any atom is -0.425 e. The van der Waals surface area contributed by atoms with E-state index in [0.717, 1.165) is 0 Å². The topological polar surface area (TPSA) is 125 Å². The molecule has 0 saturated carbocycles. The highest BCUT2D eigenvalue weighted by molar-refractivity contribution is 8.93. The van der Waals surface area contributed by atoms with Crippen LogP contribution in [0.1, 0.15) is 0 Å². The SMILES string of the molecule is Br.NCC(=O)NCC(=O)Oc1ccc([N+](=O)[O-])cc1. The maximum Gasteiger partial charge on any atom is 0.330 e. The average molecular weight is 334 g/mol. The Hall–Kier alpha value is -2.00. The number of carbonyl (C=O) groups is 2. The summed E-state index contributed by atoms with van der Waals surface area (Å²) < 4.78 is 4.83. The fraction of sp³-hybridized carbons (Fsp3) is 0.200. The van der Waals surface area contributed by atoms with Gasteiger partial charge in [-0.2, -0.15) is 0 Å². The van der Waals surface area contributed by atoms with E-state index in [1.54, 1.807) is 0 Å². The van der Waals surface area contributed by atoms with E-state index in [1.165, 1.54) is 24.3 Å². The van der Waals surface area contributed by atoms with Crippen molar-refractivity contribution in [1.29, 1.82) is 0 Å². The van der Waals surface area contributed by atoms with Gasteiger partial charge in [-0.1, -0.05) is 0 Å². The summed E-state index contributed by atoms with van der Waals surface area (Å²) in [6.45, 7) is -0.530. The number of ether oxygens (including phenoxy) is 1. The zero-order chi connectivity index (χ0) is 13.5. The predicted molar refractivity (Wildman–Crippen MR) is 71.1 cm³/mol. The van der Waals surface area contributed by atoms with Gasteiger partial charge in [-0.3, -0.25) is 14.9 Å². The highest BCUT2D eigenvalue weighted by Gasteiger charge is 2.09. The highest BCUT2D eigenvalue weighted by Crippen LogP contribution is 2.17. The fourth-order valence-corrected chi connectivity index (χ4v) is 1.05. The van der Waals surface area contributed by atoms with E-state index in [-0.39, 0.29) is 41.5 Å². The second-order valence-electron chi connectivity index (χ2n) is 3.21. The Bertz CT molecular complexity index is 463. The average Bonchev–Trinajstić information content (AvgIpc) is 2.36. The molecular weight excluding hydrogens is 322 g/mol. The summed E-state index contributed by atoms with van der Waals surface area (Å²) in [4.78, 5) is 31.8. The lowest BCUT2D eigenvalue weighted by atomic mass is 10.3. The van der Waals surface area contributed by atoms with Gasteiger partial charge in [0.25, 0.3) is 5.69 Å². The lowest BCUT2D eigenvalue weighted by Crippen LogP contribution is -2.35. The molecule has 9 heteroatoms. The molecule has 0 heterocycles. The lowest BCUT2D eigenvalue weighted by molar-refractivity contribution is -0.384. The van der Waals surface area contributed by atoms with E-state index < -0.39 is 16.8 Å². The molecule has 0 aromatic heterocycles. The Morgan fingerprint density at radius 2 is 1.89 bits per heavy atom. The zero-order valence-electron chi connectivity index (χ0n) is 9.70. The number of esters is 1. The minimum atomic E-state index is -0.689. The largest absolute Gasteiger partial charge is 0.425 e. The summed E-state index contributed by atoms with van der Waals surface area (Å²) in [5.74, 6) is -1.01. The van der Waals surface area contributed by atoms with Crippen LogP contribution in [0.15, 0.2) is 24.3 Å². The Morgan fingerprint density at radius 1 is 1.32 bits per heavy atom. The number of nitro groups is 1. The van der Waals surface area contributed by atoms with E-state index in [4.69, 9.17) is 10.5 Å². The van der Waals surface area contributed by atoms with Crippen LogP contribution in [0.4, 0.5) is 5.69 Å². The smallest absolute Gasteiger partial charge is 0.330 e. The second kappa shape index (κ2) is 8.16. The Balaban J connectivity index is 0.00000324. The third-order valence-corrected chi connectivity index (χ3v) is 1.89. The van der Waals surface area contributed by atoms with Gasteiger partial charge >= 0.3 is 5.97 Å². The van der Waals surface area contributed by atoms with Gasteiger partial charge in [0, 0.05) is 12.1 Å². The molecule has 8 nitrogen and oxygen atoms in total. The molecule has 1 rings (SSSR count). The molecule has 1 aromatic carbocycles. The van der Waals surface area contributed by atoms with Crippen LogP contribution in [0, 0.1) is 10.1 Å². The van der Waals surface area contributed by atoms with Crippen molar-refractivity contribution in [1.82, 2.24) is 5.32 Å². The van der Waals surface area contributed by atoms with Crippen molar-refractivity contribution in [3.63, 3.8) is 0 Å². The van der Waals surface area contributed by atoms with Crippen LogP contribution in [0.2, 0.25) is 0 Å². The van der Waals surface area contributed by atoms with Gasteiger partial charge in [0.2, 0.25) is 5.91 Å². The molecule has 0 aliphatic heterocycles. The number of non-ortho nitro benzene ring substituents is 1. The molecule has 1 amide bonds. The van der Waals surface area contributed by atoms with Crippen molar-refractivity contribution in [3.8, 4) is 5.75 Å². The number of hydrogen-bond acceptors (Lipinski definition) is 6. The predicted octanol–water partition coefficient (Wildman–Crippen LogP) is 0.153. The number of nitrogens with zero attached hydrogens (tertiary/aromatic N) is 1. The molecule has 0 aliphatic carbocycles. The molecule has 104 valence electrons. The molecule has 0 spiro atoms. The monoisotopic (exact) mass is 333 g/mol. The molecule has 0 bridgehead atoms.